The molecule has 0 aliphatic carbocycles. The van der Waals surface area contributed by atoms with Crippen molar-refractivity contribution in [1.29, 1.82) is 0 Å². The molecule has 0 unspecified atom stereocenters. The van der Waals surface area contributed by atoms with E-state index in [1.807, 2.05) is 23.1 Å². The molecular weight excluding hydrogens is 562 g/mol. The van der Waals surface area contributed by atoms with Crippen molar-refractivity contribution in [3.8, 4) is 6.01 Å². The number of rotatable bonds is 9. The van der Waals surface area contributed by atoms with Crippen LogP contribution in [0.2, 0.25) is 5.02 Å². The van der Waals surface area contributed by atoms with Gasteiger partial charge in [-0.1, -0.05) is 56.1 Å². The Hall–Kier alpha value is -3.97. The molecule has 0 bridgehead atoms. The van der Waals surface area contributed by atoms with Crippen LogP contribution in [0.25, 0.3) is 15.6 Å². The van der Waals surface area contributed by atoms with Crippen LogP contribution in [0.3, 0.4) is 0 Å². The maximum absolute atomic E-state index is 14.5. The molecule has 0 N–H and O–H groups in total. The first-order chi connectivity index (χ1) is 20.3. The highest BCUT2D eigenvalue weighted by Gasteiger charge is 2.36. The summed E-state index contributed by atoms with van der Waals surface area (Å²) in [7, 11) is 0. The van der Waals surface area contributed by atoms with Gasteiger partial charge in [0.2, 0.25) is 6.54 Å². The minimum atomic E-state index is -1.03. The Morgan fingerprint density at radius 2 is 2.02 bits per heavy atom. The highest BCUT2D eigenvalue weighted by molar-refractivity contribution is 6.36. The molecule has 1 aromatic heterocycles. The maximum Gasteiger partial charge on any atom is 0.318 e. The lowest BCUT2D eigenvalue weighted by Crippen LogP contribution is -2.57. The van der Waals surface area contributed by atoms with Gasteiger partial charge in [-0.3, -0.25) is 4.79 Å². The summed E-state index contributed by atoms with van der Waals surface area (Å²) < 4.78 is 34.2. The summed E-state index contributed by atoms with van der Waals surface area (Å²) in [5.74, 6) is -1.58. The van der Waals surface area contributed by atoms with Gasteiger partial charge in [0.15, 0.2) is 5.83 Å². The van der Waals surface area contributed by atoms with Crippen LogP contribution in [0.4, 0.5) is 20.3 Å². The van der Waals surface area contributed by atoms with E-state index in [0.29, 0.717) is 50.4 Å². The number of hydrogen-bond donors (Lipinski definition) is 0. The van der Waals surface area contributed by atoms with E-state index in [0.717, 1.165) is 41.6 Å². The second-order valence-corrected chi connectivity index (χ2v) is 10.9. The van der Waals surface area contributed by atoms with E-state index in [2.05, 4.69) is 23.2 Å². The lowest BCUT2D eigenvalue weighted by Gasteiger charge is -2.41. The zero-order valence-corrected chi connectivity index (χ0v) is 24.3. The van der Waals surface area contributed by atoms with E-state index >= 15 is 0 Å². The molecule has 1 saturated heterocycles. The Balaban J connectivity index is 1.49. The molecule has 42 heavy (non-hydrogen) atoms. The fraction of sp³-hybridized carbons (Fsp3) is 0.419. The average molecular weight is 595 g/mol. The van der Waals surface area contributed by atoms with Crippen LogP contribution < -0.4 is 14.5 Å². The molecule has 1 amide bonds. The fourth-order valence-corrected chi connectivity index (χ4v) is 5.99. The summed E-state index contributed by atoms with van der Waals surface area (Å²) in [6, 6.07) is 8.63. The minimum absolute atomic E-state index is 0.0371. The number of anilines is 2. The van der Waals surface area contributed by atoms with Gasteiger partial charge in [-0.05, 0) is 30.4 Å². The summed E-state index contributed by atoms with van der Waals surface area (Å²) in [5, 5.41) is 1.60. The molecule has 1 fully saturated rings. The van der Waals surface area contributed by atoms with Crippen molar-refractivity contribution in [2.24, 2.45) is 0 Å². The molecule has 1 atom stereocenters. The first-order valence-electron chi connectivity index (χ1n) is 14.2. The van der Waals surface area contributed by atoms with Crippen LogP contribution in [0.5, 0.6) is 6.01 Å². The van der Waals surface area contributed by atoms with Gasteiger partial charge in [0.1, 0.15) is 17.7 Å². The zero-order valence-electron chi connectivity index (χ0n) is 23.6. The molecule has 0 spiro atoms. The maximum atomic E-state index is 14.5. The largest absolute Gasteiger partial charge is 0.463 e. The summed E-state index contributed by atoms with van der Waals surface area (Å²) >= 11 is 6.45. The number of unbranched alkanes of at least 4 members (excludes halogenated alkanes) is 2. The number of carbonyl (C=O) groups excluding carboxylic acids is 1. The van der Waals surface area contributed by atoms with Crippen LogP contribution in [-0.4, -0.2) is 66.1 Å². The van der Waals surface area contributed by atoms with E-state index in [9.17, 15) is 13.6 Å². The van der Waals surface area contributed by atoms with E-state index in [-0.39, 0.29) is 24.1 Å². The number of benzene rings is 2. The van der Waals surface area contributed by atoms with Gasteiger partial charge < -0.3 is 24.3 Å². The number of nitrogens with zero attached hydrogens (tertiary/aromatic N) is 6. The molecule has 0 saturated carbocycles. The van der Waals surface area contributed by atoms with Gasteiger partial charge in [-0.15, -0.1) is 0 Å². The van der Waals surface area contributed by atoms with Crippen LogP contribution >= 0.6 is 11.6 Å². The molecular formula is C31H33ClF2N6O2. The Kier molecular flexibility index (Phi) is 9.07. The van der Waals surface area contributed by atoms with Crippen LogP contribution in [0, 0.1) is 12.4 Å². The number of hydrogen-bond acceptors (Lipinski definition) is 6. The van der Waals surface area contributed by atoms with E-state index in [1.54, 1.807) is 6.07 Å². The molecule has 2 aliphatic heterocycles. The Morgan fingerprint density at radius 1 is 1.19 bits per heavy atom. The fourth-order valence-electron chi connectivity index (χ4n) is 5.72. The molecule has 0 radical (unpaired) electrons. The van der Waals surface area contributed by atoms with Crippen molar-refractivity contribution in [2.45, 2.75) is 45.2 Å². The normalized spacial score (nSPS) is 16.7. The predicted molar refractivity (Wildman–Crippen MR) is 160 cm³/mol. The van der Waals surface area contributed by atoms with Gasteiger partial charge in [0.05, 0.1) is 23.9 Å². The van der Waals surface area contributed by atoms with Gasteiger partial charge in [0, 0.05) is 42.8 Å². The highest BCUT2D eigenvalue weighted by Crippen LogP contribution is 2.38. The smallest absolute Gasteiger partial charge is 0.318 e. The van der Waals surface area contributed by atoms with E-state index < -0.39 is 23.6 Å². The molecule has 11 heteroatoms. The number of carbonyl (C=O) groups is 1. The predicted octanol–water partition coefficient (Wildman–Crippen LogP) is 5.97. The molecule has 220 valence electrons. The number of aromatic nitrogens is 2. The standard InChI is InChI=1S/C31H33ClF2N6O2/c1-4-5-6-16-42-31-36-25-19-38(26-9-7-8-21-10-11-24(34)28(32)27(21)26)13-12-23(25)29(37-31)39-14-15-40(30(41)20(2)33)22(18-39)17-35-3/h7-11,22H,2,4-6,12-19H2,1H3/t22-/m0/s1. The minimum Gasteiger partial charge on any atom is -0.463 e. The molecule has 2 aromatic carbocycles. The molecule has 3 heterocycles. The third-order valence-corrected chi connectivity index (χ3v) is 8.20. The van der Waals surface area contributed by atoms with Crippen LogP contribution in [0.15, 0.2) is 42.7 Å². The second kappa shape index (κ2) is 12.9. The number of piperazine rings is 1. The summed E-state index contributed by atoms with van der Waals surface area (Å²) in [6.45, 7) is 15.2. The van der Waals surface area contributed by atoms with Crippen molar-refractivity contribution in [1.82, 2.24) is 14.9 Å². The number of ether oxygens (including phenoxy) is 1. The Labute approximate surface area is 249 Å². The number of amides is 1. The Bertz CT molecular complexity index is 1540. The molecule has 8 nitrogen and oxygen atoms in total. The molecule has 3 aromatic rings. The first kappa shape index (κ1) is 29.5. The Morgan fingerprint density at radius 3 is 2.79 bits per heavy atom. The van der Waals surface area contributed by atoms with Crippen LogP contribution in [-0.2, 0) is 17.8 Å². The summed E-state index contributed by atoms with van der Waals surface area (Å²) in [5.41, 5.74) is 2.57. The summed E-state index contributed by atoms with van der Waals surface area (Å²) in [6.07, 6.45) is 3.56. The van der Waals surface area contributed by atoms with E-state index in [1.165, 1.54) is 11.0 Å². The SMILES string of the molecule is [C-]#[N+]C[C@H]1CN(c2nc(OCCCCC)nc3c2CCN(c2cccc4ccc(F)c(Cl)c24)C3)CCN1C(=O)C(=C)F. The third-order valence-electron chi connectivity index (χ3n) is 7.83. The lowest BCUT2D eigenvalue weighted by molar-refractivity contribution is -0.131. The van der Waals surface area contributed by atoms with Crippen molar-refractivity contribution in [3.05, 3.63) is 76.3 Å². The van der Waals surface area contributed by atoms with Crippen molar-refractivity contribution >= 4 is 39.8 Å². The van der Waals surface area contributed by atoms with Gasteiger partial charge in [-0.25, -0.2) is 15.4 Å². The highest BCUT2D eigenvalue weighted by atomic mass is 35.5. The third kappa shape index (κ3) is 5.97. The molecule has 5 rings (SSSR count). The second-order valence-electron chi connectivity index (χ2n) is 10.6. The number of fused-ring (bicyclic) bond motifs is 2. The van der Waals surface area contributed by atoms with E-state index in [4.69, 9.17) is 32.9 Å². The summed E-state index contributed by atoms with van der Waals surface area (Å²) in [4.78, 5) is 31.1. The lowest BCUT2D eigenvalue weighted by atomic mass is 10.0. The monoisotopic (exact) mass is 594 g/mol. The van der Waals surface area contributed by atoms with Crippen LogP contribution in [0.1, 0.15) is 37.4 Å². The van der Waals surface area contributed by atoms with Gasteiger partial charge in [-0.2, -0.15) is 9.97 Å². The topological polar surface area (TPSA) is 66.2 Å². The quantitative estimate of drug-likeness (QED) is 0.173. The molecule has 2 aliphatic rings. The van der Waals surface area contributed by atoms with Gasteiger partial charge >= 0.3 is 6.01 Å². The first-order valence-corrected chi connectivity index (χ1v) is 14.6. The van der Waals surface area contributed by atoms with Crippen molar-refractivity contribution in [3.63, 3.8) is 0 Å². The van der Waals surface area contributed by atoms with Gasteiger partial charge in [0.25, 0.3) is 5.91 Å². The average Bonchev–Trinajstić information content (AvgIpc) is 3.00. The zero-order chi connectivity index (χ0) is 29.8. The van der Waals surface area contributed by atoms with Crippen molar-refractivity contribution in [2.75, 3.05) is 49.1 Å². The number of halogens is 3. The van der Waals surface area contributed by atoms with Crippen molar-refractivity contribution < 1.29 is 18.3 Å².